The van der Waals surface area contributed by atoms with Crippen LogP contribution in [0, 0.1) is 12.3 Å². The first-order valence-electron chi connectivity index (χ1n) is 11.1. The van der Waals surface area contributed by atoms with Crippen molar-refractivity contribution in [1.82, 2.24) is 24.7 Å². The van der Waals surface area contributed by atoms with E-state index in [1.165, 1.54) is 17.8 Å². The zero-order chi connectivity index (χ0) is 24.1. The van der Waals surface area contributed by atoms with Crippen LogP contribution < -0.4 is 9.80 Å². The molecule has 182 valence electrons. The molecule has 0 N–H and O–H groups in total. The van der Waals surface area contributed by atoms with Crippen LogP contribution in [0.1, 0.15) is 30.8 Å². The number of aromatic nitrogens is 5. The van der Waals surface area contributed by atoms with E-state index in [2.05, 4.69) is 25.0 Å². The number of hydrogen-bond donors (Lipinski definition) is 0. The Balaban J connectivity index is 1.28. The molecule has 2 aliphatic heterocycles. The van der Waals surface area contributed by atoms with E-state index in [9.17, 15) is 22.0 Å². The quantitative estimate of drug-likeness (QED) is 0.518. The first-order valence-corrected chi connectivity index (χ1v) is 11.1. The topological polar surface area (TPSA) is 63.0 Å². The summed E-state index contributed by atoms with van der Waals surface area (Å²) in [5.74, 6) is 1.14. The summed E-state index contributed by atoms with van der Waals surface area (Å²) in [4.78, 5) is 16.3. The Kier molecular flexibility index (Phi) is 5.56. The summed E-state index contributed by atoms with van der Waals surface area (Å²) in [6, 6.07) is 2.83. The molecule has 1 spiro atoms. The van der Waals surface area contributed by atoms with Crippen LogP contribution in [-0.4, -0.2) is 57.3 Å². The molecular formula is C22H24F5N7. The molecule has 34 heavy (non-hydrogen) atoms. The SMILES string of the molecule is Cc1nc(N2CCC3(CCN(c4cc5c(cn4)cnn5CC(F)F)CC3)C2)cc(C(F)(F)F)n1. The van der Waals surface area contributed by atoms with Gasteiger partial charge in [-0.2, -0.15) is 18.3 Å². The van der Waals surface area contributed by atoms with Gasteiger partial charge in [0.25, 0.3) is 6.43 Å². The average Bonchev–Trinajstić information content (AvgIpc) is 3.37. The van der Waals surface area contributed by atoms with Crippen LogP contribution in [0.25, 0.3) is 10.9 Å². The van der Waals surface area contributed by atoms with Crippen molar-refractivity contribution in [2.45, 2.75) is 45.3 Å². The van der Waals surface area contributed by atoms with Crippen molar-refractivity contribution in [3.8, 4) is 0 Å². The minimum absolute atomic E-state index is 0.00466. The Labute approximate surface area is 192 Å². The van der Waals surface area contributed by atoms with E-state index in [1.54, 1.807) is 12.3 Å². The minimum atomic E-state index is -4.51. The molecule has 0 amide bonds. The van der Waals surface area contributed by atoms with Crippen LogP contribution in [0.3, 0.4) is 0 Å². The first-order chi connectivity index (χ1) is 16.1. The Hall–Kier alpha value is -3.05. The molecule has 0 saturated carbocycles. The second-order valence-electron chi connectivity index (χ2n) is 9.13. The van der Waals surface area contributed by atoms with Crippen molar-refractivity contribution in [3.05, 3.63) is 36.0 Å². The third-order valence-corrected chi connectivity index (χ3v) is 6.85. The molecule has 0 aromatic carbocycles. The highest BCUT2D eigenvalue weighted by molar-refractivity contribution is 5.80. The van der Waals surface area contributed by atoms with Crippen LogP contribution in [0.2, 0.25) is 0 Å². The molecule has 0 radical (unpaired) electrons. The molecule has 3 aromatic heterocycles. The van der Waals surface area contributed by atoms with Gasteiger partial charge in [-0.15, -0.1) is 0 Å². The number of anilines is 2. The summed E-state index contributed by atoms with van der Waals surface area (Å²) >= 11 is 0. The predicted octanol–water partition coefficient (Wildman–Crippen LogP) is 4.31. The maximum atomic E-state index is 13.2. The Morgan fingerprint density at radius 3 is 2.35 bits per heavy atom. The number of nitrogens with zero attached hydrogens (tertiary/aromatic N) is 7. The van der Waals surface area contributed by atoms with Crippen molar-refractivity contribution in [3.63, 3.8) is 0 Å². The van der Waals surface area contributed by atoms with Gasteiger partial charge in [0, 0.05) is 49.9 Å². The van der Waals surface area contributed by atoms with Crippen molar-refractivity contribution < 1.29 is 22.0 Å². The molecule has 0 bridgehead atoms. The van der Waals surface area contributed by atoms with Gasteiger partial charge in [-0.25, -0.2) is 23.7 Å². The number of aryl methyl sites for hydroxylation is 1. The number of alkyl halides is 5. The predicted molar refractivity (Wildman–Crippen MR) is 116 cm³/mol. The van der Waals surface area contributed by atoms with Crippen molar-refractivity contribution >= 4 is 22.5 Å². The lowest BCUT2D eigenvalue weighted by Gasteiger charge is -2.40. The lowest BCUT2D eigenvalue weighted by Crippen LogP contribution is -2.42. The number of fused-ring (bicyclic) bond motifs is 1. The van der Waals surface area contributed by atoms with Gasteiger partial charge < -0.3 is 9.80 Å². The number of pyridine rings is 1. The van der Waals surface area contributed by atoms with E-state index in [0.29, 0.717) is 29.8 Å². The van der Waals surface area contributed by atoms with Gasteiger partial charge in [0.2, 0.25) is 0 Å². The van der Waals surface area contributed by atoms with E-state index < -0.39 is 24.8 Å². The molecule has 0 atom stereocenters. The molecule has 2 fully saturated rings. The monoisotopic (exact) mass is 481 g/mol. The molecule has 2 saturated heterocycles. The molecule has 0 unspecified atom stereocenters. The Morgan fingerprint density at radius 1 is 0.971 bits per heavy atom. The third-order valence-electron chi connectivity index (χ3n) is 6.85. The first kappa shape index (κ1) is 22.7. The van der Waals surface area contributed by atoms with E-state index in [1.807, 2.05) is 4.90 Å². The van der Waals surface area contributed by atoms with Gasteiger partial charge in [-0.05, 0) is 31.6 Å². The van der Waals surface area contributed by atoms with Gasteiger partial charge in [0.15, 0.2) is 0 Å². The summed E-state index contributed by atoms with van der Waals surface area (Å²) in [5, 5.41) is 4.75. The molecule has 5 heterocycles. The van der Waals surface area contributed by atoms with Gasteiger partial charge in [0.05, 0.1) is 11.7 Å². The molecule has 5 rings (SSSR count). The van der Waals surface area contributed by atoms with E-state index in [0.717, 1.165) is 44.2 Å². The second-order valence-corrected chi connectivity index (χ2v) is 9.13. The number of halogens is 5. The van der Waals surface area contributed by atoms with E-state index in [4.69, 9.17) is 0 Å². The fraction of sp³-hybridized carbons (Fsp3) is 0.545. The van der Waals surface area contributed by atoms with Gasteiger partial charge in [-0.3, -0.25) is 4.68 Å². The van der Waals surface area contributed by atoms with Crippen LogP contribution in [-0.2, 0) is 12.7 Å². The normalized spacial score (nSPS) is 18.6. The zero-order valence-corrected chi connectivity index (χ0v) is 18.6. The van der Waals surface area contributed by atoms with E-state index >= 15 is 0 Å². The standard InChI is InChI=1S/C22H24F5N7/c1-14-30-17(22(25,26)27)9-20(31-14)33-7-4-21(13-33)2-5-32(6-3-21)19-8-16-15(10-28-19)11-29-34(16)12-18(23)24/h8-11,18H,2-7,12-13H2,1H3. The van der Waals surface area contributed by atoms with Gasteiger partial charge in [0.1, 0.15) is 29.7 Å². The zero-order valence-electron chi connectivity index (χ0n) is 18.6. The average molecular weight is 481 g/mol. The maximum Gasteiger partial charge on any atom is 0.433 e. The van der Waals surface area contributed by atoms with Gasteiger partial charge in [-0.1, -0.05) is 0 Å². The van der Waals surface area contributed by atoms with Crippen molar-refractivity contribution in [2.75, 3.05) is 36.0 Å². The highest BCUT2D eigenvalue weighted by Crippen LogP contribution is 2.43. The van der Waals surface area contributed by atoms with Crippen LogP contribution in [0.15, 0.2) is 24.5 Å². The number of rotatable bonds is 4. The molecule has 2 aliphatic rings. The smallest absolute Gasteiger partial charge is 0.357 e. The van der Waals surface area contributed by atoms with Crippen LogP contribution in [0.4, 0.5) is 33.6 Å². The molecule has 0 aliphatic carbocycles. The highest BCUT2D eigenvalue weighted by Gasteiger charge is 2.42. The summed E-state index contributed by atoms with van der Waals surface area (Å²) in [5.41, 5.74) is -0.300. The third kappa shape index (κ3) is 4.37. The maximum absolute atomic E-state index is 13.2. The fourth-order valence-electron chi connectivity index (χ4n) is 5.02. The largest absolute Gasteiger partial charge is 0.433 e. The summed E-state index contributed by atoms with van der Waals surface area (Å²) in [7, 11) is 0. The minimum Gasteiger partial charge on any atom is -0.357 e. The van der Waals surface area contributed by atoms with Crippen LogP contribution >= 0.6 is 0 Å². The Bertz CT molecular complexity index is 1180. The molecule has 3 aromatic rings. The van der Waals surface area contributed by atoms with Crippen molar-refractivity contribution in [2.24, 2.45) is 5.41 Å². The molecule has 12 heteroatoms. The summed E-state index contributed by atoms with van der Waals surface area (Å²) in [6.07, 6.45) is -1.23. The van der Waals surface area contributed by atoms with Crippen molar-refractivity contribution in [1.29, 1.82) is 0 Å². The Morgan fingerprint density at radius 2 is 1.68 bits per heavy atom. The fourth-order valence-corrected chi connectivity index (χ4v) is 5.02. The summed E-state index contributed by atoms with van der Waals surface area (Å²) < 4.78 is 66.6. The lowest BCUT2D eigenvalue weighted by molar-refractivity contribution is -0.141. The van der Waals surface area contributed by atoms with E-state index in [-0.39, 0.29) is 11.2 Å². The molecule has 7 nitrogen and oxygen atoms in total. The summed E-state index contributed by atoms with van der Waals surface area (Å²) in [6.45, 7) is 3.75. The van der Waals surface area contributed by atoms with Gasteiger partial charge >= 0.3 is 6.18 Å². The number of piperidine rings is 1. The van der Waals surface area contributed by atoms with Crippen LogP contribution in [0.5, 0.6) is 0 Å². The lowest BCUT2D eigenvalue weighted by atomic mass is 9.78. The molecular weight excluding hydrogens is 457 g/mol. The number of hydrogen-bond acceptors (Lipinski definition) is 6. The second kappa shape index (κ2) is 8.31. The highest BCUT2D eigenvalue weighted by atomic mass is 19.4.